The number of aliphatic hydroxyl groups excluding tert-OH is 1. The summed E-state index contributed by atoms with van der Waals surface area (Å²) in [6.45, 7) is 0.0641. The van der Waals surface area contributed by atoms with Crippen LogP contribution in [0.4, 0.5) is 6.01 Å². The second-order valence-corrected chi connectivity index (χ2v) is 1.64. The van der Waals surface area contributed by atoms with Crippen molar-refractivity contribution in [2.75, 3.05) is 12.3 Å². The van der Waals surface area contributed by atoms with Gasteiger partial charge in [0, 0.05) is 6.42 Å². The van der Waals surface area contributed by atoms with Crippen LogP contribution >= 0.6 is 0 Å². The number of nitrogen functional groups attached to an aromatic ring is 1. The summed E-state index contributed by atoms with van der Waals surface area (Å²) in [7, 11) is 0. The monoisotopic (exact) mass is 128 g/mol. The van der Waals surface area contributed by atoms with Crippen molar-refractivity contribution in [3.63, 3.8) is 0 Å². The Morgan fingerprint density at radius 3 is 3.00 bits per heavy atom. The first-order chi connectivity index (χ1) is 4.33. The van der Waals surface area contributed by atoms with Gasteiger partial charge in [-0.2, -0.15) is 0 Å². The molecule has 0 aliphatic rings. The molecule has 0 aliphatic heterocycles. The molecule has 1 heterocycles. The van der Waals surface area contributed by atoms with Crippen LogP contribution in [0.1, 0.15) is 5.76 Å². The van der Waals surface area contributed by atoms with Crippen molar-refractivity contribution in [3.05, 3.63) is 12.0 Å². The third kappa shape index (κ3) is 1.43. The fraction of sp³-hybridized carbons (Fsp3) is 0.400. The van der Waals surface area contributed by atoms with Crippen molar-refractivity contribution < 1.29 is 9.52 Å². The largest absolute Gasteiger partial charge is 0.429 e. The van der Waals surface area contributed by atoms with Crippen molar-refractivity contribution in [2.24, 2.45) is 0 Å². The van der Waals surface area contributed by atoms with E-state index in [4.69, 9.17) is 15.3 Å². The van der Waals surface area contributed by atoms with Crippen molar-refractivity contribution in [1.82, 2.24) is 4.98 Å². The van der Waals surface area contributed by atoms with Crippen LogP contribution in [0, 0.1) is 0 Å². The minimum Gasteiger partial charge on any atom is -0.429 e. The molecule has 0 fully saturated rings. The zero-order chi connectivity index (χ0) is 6.69. The minimum atomic E-state index is 0.0641. The van der Waals surface area contributed by atoms with Crippen molar-refractivity contribution in [3.8, 4) is 0 Å². The quantitative estimate of drug-likeness (QED) is 0.578. The van der Waals surface area contributed by atoms with Gasteiger partial charge in [0.05, 0.1) is 12.8 Å². The highest BCUT2D eigenvalue weighted by Crippen LogP contribution is 2.03. The average molecular weight is 128 g/mol. The first kappa shape index (κ1) is 6.10. The second kappa shape index (κ2) is 2.50. The first-order valence-corrected chi connectivity index (χ1v) is 2.64. The second-order valence-electron chi connectivity index (χ2n) is 1.64. The fourth-order valence-electron chi connectivity index (χ4n) is 0.548. The molecule has 0 saturated carbocycles. The highest BCUT2D eigenvalue weighted by atomic mass is 16.4. The van der Waals surface area contributed by atoms with E-state index in [0.717, 1.165) is 0 Å². The van der Waals surface area contributed by atoms with Crippen LogP contribution in [0.5, 0.6) is 0 Å². The number of anilines is 1. The van der Waals surface area contributed by atoms with E-state index < -0.39 is 0 Å². The molecule has 0 saturated heterocycles. The average Bonchev–Trinajstić information content (AvgIpc) is 2.17. The maximum Gasteiger partial charge on any atom is 0.292 e. The standard InChI is InChI=1S/C5H8N2O2/c6-5-7-3-4(9-5)1-2-8/h3,8H,1-2H2,(H2,6,7). The fourth-order valence-corrected chi connectivity index (χ4v) is 0.548. The van der Waals surface area contributed by atoms with Crippen LogP contribution in [-0.4, -0.2) is 16.7 Å². The van der Waals surface area contributed by atoms with Gasteiger partial charge in [0.25, 0.3) is 6.01 Å². The lowest BCUT2D eigenvalue weighted by molar-refractivity contribution is 0.288. The number of hydrogen-bond donors (Lipinski definition) is 2. The number of nitrogens with two attached hydrogens (primary N) is 1. The molecule has 4 heteroatoms. The highest BCUT2D eigenvalue weighted by Gasteiger charge is 1.96. The molecule has 0 aromatic carbocycles. The summed E-state index contributed by atoms with van der Waals surface area (Å²) < 4.78 is 4.83. The topological polar surface area (TPSA) is 72.3 Å². The molecule has 0 amide bonds. The highest BCUT2D eigenvalue weighted by molar-refractivity contribution is 5.10. The van der Waals surface area contributed by atoms with Crippen LogP contribution in [-0.2, 0) is 6.42 Å². The Kier molecular flexibility index (Phi) is 1.69. The van der Waals surface area contributed by atoms with Gasteiger partial charge in [0.15, 0.2) is 0 Å². The van der Waals surface area contributed by atoms with Crippen LogP contribution < -0.4 is 5.73 Å². The Bertz CT molecular complexity index is 185. The van der Waals surface area contributed by atoms with E-state index >= 15 is 0 Å². The maximum absolute atomic E-state index is 8.40. The van der Waals surface area contributed by atoms with E-state index in [0.29, 0.717) is 12.2 Å². The van der Waals surface area contributed by atoms with Crippen LogP contribution in [0.15, 0.2) is 10.6 Å². The van der Waals surface area contributed by atoms with Gasteiger partial charge < -0.3 is 15.3 Å². The van der Waals surface area contributed by atoms with Crippen LogP contribution in [0.3, 0.4) is 0 Å². The van der Waals surface area contributed by atoms with Gasteiger partial charge >= 0.3 is 0 Å². The Morgan fingerprint density at radius 2 is 2.56 bits per heavy atom. The molecular formula is C5H8N2O2. The van der Waals surface area contributed by atoms with Gasteiger partial charge in [-0.25, -0.2) is 4.98 Å². The predicted molar refractivity (Wildman–Crippen MR) is 31.7 cm³/mol. The number of oxazole rings is 1. The molecule has 1 rings (SSSR count). The Morgan fingerprint density at radius 1 is 1.78 bits per heavy atom. The molecule has 0 unspecified atom stereocenters. The van der Waals surface area contributed by atoms with E-state index in [1.54, 1.807) is 0 Å². The van der Waals surface area contributed by atoms with Gasteiger partial charge in [-0.05, 0) is 0 Å². The van der Waals surface area contributed by atoms with Crippen LogP contribution in [0.2, 0.25) is 0 Å². The predicted octanol–water partition coefficient (Wildman–Crippen LogP) is -0.208. The normalized spacial score (nSPS) is 9.89. The minimum absolute atomic E-state index is 0.0641. The van der Waals surface area contributed by atoms with Crippen LogP contribution in [0.25, 0.3) is 0 Å². The van der Waals surface area contributed by atoms with E-state index in [1.807, 2.05) is 0 Å². The summed E-state index contributed by atoms with van der Waals surface area (Å²) >= 11 is 0. The molecule has 0 spiro atoms. The van der Waals surface area contributed by atoms with Crippen molar-refractivity contribution >= 4 is 6.01 Å². The number of aliphatic hydroxyl groups is 1. The zero-order valence-electron chi connectivity index (χ0n) is 4.87. The number of rotatable bonds is 2. The molecule has 0 bridgehead atoms. The van der Waals surface area contributed by atoms with Gasteiger partial charge in [0.1, 0.15) is 5.76 Å². The van der Waals surface area contributed by atoms with Gasteiger partial charge in [-0.3, -0.25) is 0 Å². The number of nitrogens with zero attached hydrogens (tertiary/aromatic N) is 1. The van der Waals surface area contributed by atoms with Gasteiger partial charge in [-0.1, -0.05) is 0 Å². The summed E-state index contributed by atoms with van der Waals surface area (Å²) in [6.07, 6.45) is 1.98. The lowest BCUT2D eigenvalue weighted by Gasteiger charge is -1.85. The van der Waals surface area contributed by atoms with Gasteiger partial charge in [-0.15, -0.1) is 0 Å². The van der Waals surface area contributed by atoms with Crippen molar-refractivity contribution in [2.45, 2.75) is 6.42 Å². The molecule has 4 nitrogen and oxygen atoms in total. The van der Waals surface area contributed by atoms with Gasteiger partial charge in [0.2, 0.25) is 0 Å². The first-order valence-electron chi connectivity index (χ1n) is 2.64. The Labute approximate surface area is 52.3 Å². The van der Waals surface area contributed by atoms with E-state index in [1.165, 1.54) is 6.20 Å². The molecule has 1 aromatic heterocycles. The van der Waals surface area contributed by atoms with E-state index in [9.17, 15) is 0 Å². The SMILES string of the molecule is Nc1ncc(CCO)o1. The third-order valence-electron chi connectivity index (χ3n) is 0.930. The molecule has 1 aromatic rings. The molecule has 50 valence electrons. The summed E-state index contributed by atoms with van der Waals surface area (Å²) in [5.41, 5.74) is 5.15. The zero-order valence-corrected chi connectivity index (χ0v) is 4.87. The lowest BCUT2D eigenvalue weighted by Crippen LogP contribution is -1.86. The van der Waals surface area contributed by atoms with E-state index in [2.05, 4.69) is 4.98 Å². The maximum atomic E-state index is 8.40. The summed E-state index contributed by atoms with van der Waals surface area (Å²) in [4.78, 5) is 3.64. The molecule has 0 radical (unpaired) electrons. The Hall–Kier alpha value is -1.03. The van der Waals surface area contributed by atoms with Crippen molar-refractivity contribution in [1.29, 1.82) is 0 Å². The molecule has 3 N–H and O–H groups in total. The lowest BCUT2D eigenvalue weighted by atomic mass is 10.4. The molecule has 0 atom stereocenters. The third-order valence-corrected chi connectivity index (χ3v) is 0.930. The van der Waals surface area contributed by atoms with E-state index in [-0.39, 0.29) is 12.6 Å². The number of hydrogen-bond acceptors (Lipinski definition) is 4. The number of aromatic nitrogens is 1. The summed E-state index contributed by atoms with van der Waals surface area (Å²) in [6, 6.07) is 0.151. The Balaban J connectivity index is 2.61. The summed E-state index contributed by atoms with van der Waals surface area (Å²) in [5, 5.41) is 8.40. The summed E-state index contributed by atoms with van der Waals surface area (Å²) in [5.74, 6) is 0.620. The molecular weight excluding hydrogens is 120 g/mol. The molecule has 0 aliphatic carbocycles. The smallest absolute Gasteiger partial charge is 0.292 e. The molecule has 9 heavy (non-hydrogen) atoms.